The molecule has 0 fully saturated rings. The van der Waals surface area contributed by atoms with Crippen molar-refractivity contribution in [2.45, 2.75) is 30.4 Å². The maximum absolute atomic E-state index is 12.5. The highest BCUT2D eigenvalue weighted by Crippen LogP contribution is 2.40. The lowest BCUT2D eigenvalue weighted by atomic mass is 10.3. The van der Waals surface area contributed by atoms with E-state index in [0.29, 0.717) is 12.2 Å². The van der Waals surface area contributed by atoms with Crippen molar-refractivity contribution in [1.29, 1.82) is 0 Å². The monoisotopic (exact) mass is 300 g/mol. The maximum atomic E-state index is 12.5. The number of aromatic nitrogens is 1. The van der Waals surface area contributed by atoms with Gasteiger partial charge in [0.05, 0.1) is 0 Å². The smallest absolute Gasteiger partial charge is 0.380 e. The lowest BCUT2D eigenvalue weighted by Crippen LogP contribution is -2.03. The molecule has 108 valence electrons. The number of rotatable bonds is 5. The quantitative estimate of drug-likeness (QED) is 0.804. The number of hydrogen-bond acceptors (Lipinski definition) is 2. The predicted molar refractivity (Wildman–Crippen MR) is 75.8 cm³/mol. The number of nitrogens with zero attached hydrogens (tertiary/aromatic N) is 1. The zero-order valence-corrected chi connectivity index (χ0v) is 11.8. The van der Waals surface area contributed by atoms with Crippen LogP contribution in [0.25, 0.3) is 0 Å². The Morgan fingerprint density at radius 3 is 2.60 bits per heavy atom. The van der Waals surface area contributed by atoms with Gasteiger partial charge in [0.15, 0.2) is 0 Å². The van der Waals surface area contributed by atoms with Crippen LogP contribution in [0.2, 0.25) is 0 Å². The minimum Gasteiger partial charge on any atom is -0.380 e. The van der Waals surface area contributed by atoms with Gasteiger partial charge in [-0.2, -0.15) is 13.2 Å². The SMILES string of the molecule is CCn1ccc(CNc2ccccc2SC(F)(F)F)c1. The van der Waals surface area contributed by atoms with Gasteiger partial charge in [-0.3, -0.25) is 0 Å². The first-order chi connectivity index (χ1) is 9.48. The van der Waals surface area contributed by atoms with Crippen LogP contribution in [0.4, 0.5) is 18.9 Å². The molecule has 0 radical (unpaired) electrons. The van der Waals surface area contributed by atoms with E-state index in [0.717, 1.165) is 12.1 Å². The summed E-state index contributed by atoms with van der Waals surface area (Å²) >= 11 is -0.0955. The van der Waals surface area contributed by atoms with Crippen molar-refractivity contribution >= 4 is 17.4 Å². The summed E-state index contributed by atoms with van der Waals surface area (Å²) in [4.78, 5) is 0.190. The van der Waals surface area contributed by atoms with Gasteiger partial charge in [-0.1, -0.05) is 12.1 Å². The largest absolute Gasteiger partial charge is 0.446 e. The van der Waals surface area contributed by atoms with E-state index in [1.807, 2.05) is 30.0 Å². The fourth-order valence-corrected chi connectivity index (χ4v) is 2.46. The highest BCUT2D eigenvalue weighted by molar-refractivity contribution is 8.00. The van der Waals surface area contributed by atoms with Gasteiger partial charge in [0.1, 0.15) is 0 Å². The molecule has 0 saturated carbocycles. The van der Waals surface area contributed by atoms with E-state index in [1.165, 1.54) is 6.07 Å². The molecular weight excluding hydrogens is 285 g/mol. The minimum absolute atomic E-state index is 0.0955. The van der Waals surface area contributed by atoms with Crippen molar-refractivity contribution in [2.75, 3.05) is 5.32 Å². The van der Waals surface area contributed by atoms with Crippen LogP contribution in [0, 0.1) is 0 Å². The van der Waals surface area contributed by atoms with Crippen LogP contribution >= 0.6 is 11.8 Å². The van der Waals surface area contributed by atoms with E-state index in [9.17, 15) is 13.2 Å². The van der Waals surface area contributed by atoms with Gasteiger partial charge in [0.2, 0.25) is 0 Å². The normalized spacial score (nSPS) is 11.6. The number of thioether (sulfide) groups is 1. The molecule has 0 amide bonds. The molecule has 0 atom stereocenters. The molecule has 2 aromatic rings. The highest BCUT2D eigenvalue weighted by atomic mass is 32.2. The van der Waals surface area contributed by atoms with Crippen LogP contribution in [0.3, 0.4) is 0 Å². The summed E-state index contributed by atoms with van der Waals surface area (Å²) in [6, 6.07) is 8.41. The van der Waals surface area contributed by atoms with Crippen molar-refractivity contribution in [3.63, 3.8) is 0 Å². The number of benzene rings is 1. The minimum atomic E-state index is -4.27. The number of anilines is 1. The van der Waals surface area contributed by atoms with Crippen LogP contribution in [0.5, 0.6) is 0 Å². The summed E-state index contributed by atoms with van der Waals surface area (Å²) in [6.07, 6.45) is 3.93. The number of aryl methyl sites for hydroxylation is 1. The third kappa shape index (κ3) is 4.23. The summed E-state index contributed by atoms with van der Waals surface area (Å²) < 4.78 is 39.4. The molecule has 2 nitrogen and oxygen atoms in total. The molecule has 0 aliphatic heterocycles. The summed E-state index contributed by atoms with van der Waals surface area (Å²) in [7, 11) is 0. The molecule has 1 aromatic heterocycles. The van der Waals surface area contributed by atoms with E-state index in [4.69, 9.17) is 0 Å². The molecule has 1 aromatic carbocycles. The molecule has 0 saturated heterocycles. The average molecular weight is 300 g/mol. The zero-order chi connectivity index (χ0) is 14.6. The zero-order valence-electron chi connectivity index (χ0n) is 10.9. The Labute approximate surface area is 120 Å². The second kappa shape index (κ2) is 6.26. The Hall–Kier alpha value is -1.56. The number of alkyl halides is 3. The second-order valence-corrected chi connectivity index (χ2v) is 5.35. The fraction of sp³-hybridized carbons (Fsp3) is 0.286. The van der Waals surface area contributed by atoms with E-state index >= 15 is 0 Å². The molecule has 0 aliphatic carbocycles. The van der Waals surface area contributed by atoms with Crippen molar-refractivity contribution in [3.8, 4) is 0 Å². The van der Waals surface area contributed by atoms with E-state index in [2.05, 4.69) is 5.32 Å². The first-order valence-corrected chi connectivity index (χ1v) is 7.03. The number of hydrogen-bond donors (Lipinski definition) is 1. The van der Waals surface area contributed by atoms with Gasteiger partial charge in [-0.25, -0.2) is 0 Å². The van der Waals surface area contributed by atoms with Crippen LogP contribution in [-0.4, -0.2) is 10.1 Å². The lowest BCUT2D eigenvalue weighted by Gasteiger charge is -2.12. The van der Waals surface area contributed by atoms with Gasteiger partial charge in [-0.05, 0) is 42.4 Å². The third-order valence-electron chi connectivity index (χ3n) is 2.77. The Morgan fingerprint density at radius 2 is 1.95 bits per heavy atom. The Bertz CT molecular complexity index is 564. The second-order valence-electron chi connectivity index (χ2n) is 4.25. The maximum Gasteiger partial charge on any atom is 0.446 e. The summed E-state index contributed by atoms with van der Waals surface area (Å²) in [5, 5.41) is 3.06. The Balaban J connectivity index is 2.05. The van der Waals surface area contributed by atoms with Gasteiger partial charge in [0.25, 0.3) is 0 Å². The molecule has 0 spiro atoms. The summed E-state index contributed by atoms with van der Waals surface area (Å²) in [5.41, 5.74) is -2.73. The average Bonchev–Trinajstić information content (AvgIpc) is 2.84. The van der Waals surface area contributed by atoms with Gasteiger partial charge in [0, 0.05) is 36.1 Å². The third-order valence-corrected chi connectivity index (χ3v) is 3.58. The molecule has 20 heavy (non-hydrogen) atoms. The van der Waals surface area contributed by atoms with Gasteiger partial charge in [-0.15, -0.1) is 0 Å². The van der Waals surface area contributed by atoms with E-state index in [-0.39, 0.29) is 16.7 Å². The lowest BCUT2D eigenvalue weighted by molar-refractivity contribution is -0.0327. The van der Waals surface area contributed by atoms with Crippen LogP contribution in [-0.2, 0) is 13.1 Å². The van der Waals surface area contributed by atoms with Gasteiger partial charge < -0.3 is 9.88 Å². The molecule has 2 rings (SSSR count). The molecule has 6 heteroatoms. The molecule has 0 bridgehead atoms. The number of para-hydroxylation sites is 1. The Morgan fingerprint density at radius 1 is 1.20 bits per heavy atom. The number of halogens is 3. The standard InChI is InChI=1S/C14H15F3N2S/c1-2-19-8-7-11(10-19)9-18-12-5-3-4-6-13(12)20-14(15,16)17/h3-8,10,18H,2,9H2,1H3. The first-order valence-electron chi connectivity index (χ1n) is 6.21. The highest BCUT2D eigenvalue weighted by Gasteiger charge is 2.30. The van der Waals surface area contributed by atoms with Crippen molar-refractivity contribution in [1.82, 2.24) is 4.57 Å². The number of nitrogens with one attached hydrogen (secondary N) is 1. The topological polar surface area (TPSA) is 17.0 Å². The van der Waals surface area contributed by atoms with Crippen LogP contribution in [0.15, 0.2) is 47.6 Å². The fourth-order valence-electron chi connectivity index (χ4n) is 1.82. The molecule has 0 unspecified atom stereocenters. The molecule has 1 N–H and O–H groups in total. The van der Waals surface area contributed by atoms with Crippen molar-refractivity contribution in [2.24, 2.45) is 0 Å². The molecular formula is C14H15F3N2S. The van der Waals surface area contributed by atoms with Crippen LogP contribution in [0.1, 0.15) is 12.5 Å². The van der Waals surface area contributed by atoms with Crippen molar-refractivity contribution < 1.29 is 13.2 Å². The van der Waals surface area contributed by atoms with Crippen LogP contribution < -0.4 is 5.32 Å². The first kappa shape index (κ1) is 14.8. The Kier molecular flexibility index (Phi) is 4.65. The van der Waals surface area contributed by atoms with Gasteiger partial charge >= 0.3 is 5.51 Å². The summed E-state index contributed by atoms with van der Waals surface area (Å²) in [5.74, 6) is 0. The summed E-state index contributed by atoms with van der Waals surface area (Å²) in [6.45, 7) is 3.41. The van der Waals surface area contributed by atoms with E-state index in [1.54, 1.807) is 18.2 Å². The van der Waals surface area contributed by atoms with Crippen molar-refractivity contribution in [3.05, 3.63) is 48.3 Å². The molecule has 1 heterocycles. The van der Waals surface area contributed by atoms with E-state index < -0.39 is 5.51 Å². The molecule has 0 aliphatic rings. The predicted octanol–water partition coefficient (Wildman–Crippen LogP) is 4.73.